The Morgan fingerprint density at radius 2 is 2.18 bits per heavy atom. The largest absolute Gasteiger partial charge is 0.508 e. The molecular formula is C13H18N2O2. The van der Waals surface area contributed by atoms with E-state index in [9.17, 15) is 9.90 Å². The predicted octanol–water partition coefficient (Wildman–Crippen LogP) is 1.12. The van der Waals surface area contributed by atoms with Gasteiger partial charge in [0, 0.05) is 24.7 Å². The quantitative estimate of drug-likeness (QED) is 0.765. The van der Waals surface area contributed by atoms with Crippen LogP contribution in [0, 0.1) is 12.8 Å². The van der Waals surface area contributed by atoms with Crippen molar-refractivity contribution in [3.05, 3.63) is 29.3 Å². The van der Waals surface area contributed by atoms with Gasteiger partial charge in [0.2, 0.25) is 0 Å². The maximum absolute atomic E-state index is 12.2. The summed E-state index contributed by atoms with van der Waals surface area (Å²) in [5.74, 6) is 0.436. The SMILES string of the molecule is Cc1ccc(C(=O)N2CC(C)C(N)C2)cc1O. The molecule has 1 amide bonds. The molecule has 1 heterocycles. The van der Waals surface area contributed by atoms with Gasteiger partial charge in [-0.05, 0) is 30.5 Å². The van der Waals surface area contributed by atoms with Crippen LogP contribution in [-0.4, -0.2) is 35.0 Å². The summed E-state index contributed by atoms with van der Waals surface area (Å²) in [6, 6.07) is 5.07. The highest BCUT2D eigenvalue weighted by atomic mass is 16.3. The van der Waals surface area contributed by atoms with Crippen molar-refractivity contribution in [1.29, 1.82) is 0 Å². The molecule has 2 rings (SSSR count). The topological polar surface area (TPSA) is 66.6 Å². The fourth-order valence-corrected chi connectivity index (χ4v) is 2.08. The Balaban J connectivity index is 2.17. The summed E-state index contributed by atoms with van der Waals surface area (Å²) in [5.41, 5.74) is 7.19. The number of phenolic OH excluding ortho intramolecular Hbond substituents is 1. The Labute approximate surface area is 101 Å². The van der Waals surface area contributed by atoms with E-state index in [-0.39, 0.29) is 17.7 Å². The van der Waals surface area contributed by atoms with E-state index in [2.05, 4.69) is 0 Å². The number of carbonyl (C=O) groups is 1. The van der Waals surface area contributed by atoms with Crippen LogP contribution in [0.3, 0.4) is 0 Å². The van der Waals surface area contributed by atoms with Gasteiger partial charge in [-0.1, -0.05) is 13.0 Å². The first-order chi connectivity index (χ1) is 7.99. The lowest BCUT2D eigenvalue weighted by atomic mass is 10.1. The molecule has 17 heavy (non-hydrogen) atoms. The molecule has 1 saturated heterocycles. The Morgan fingerprint density at radius 3 is 2.71 bits per heavy atom. The molecule has 1 fully saturated rings. The second-order valence-electron chi connectivity index (χ2n) is 4.85. The van der Waals surface area contributed by atoms with Crippen molar-refractivity contribution in [2.75, 3.05) is 13.1 Å². The second kappa shape index (κ2) is 4.37. The van der Waals surface area contributed by atoms with Crippen LogP contribution in [0.4, 0.5) is 0 Å². The molecule has 0 spiro atoms. The average molecular weight is 234 g/mol. The van der Waals surface area contributed by atoms with E-state index in [4.69, 9.17) is 5.73 Å². The Hall–Kier alpha value is -1.55. The van der Waals surface area contributed by atoms with Crippen molar-refractivity contribution in [2.24, 2.45) is 11.7 Å². The fraction of sp³-hybridized carbons (Fsp3) is 0.462. The second-order valence-corrected chi connectivity index (χ2v) is 4.85. The lowest BCUT2D eigenvalue weighted by Crippen LogP contribution is -2.32. The third-order valence-electron chi connectivity index (χ3n) is 3.41. The third kappa shape index (κ3) is 2.26. The van der Waals surface area contributed by atoms with Crippen molar-refractivity contribution < 1.29 is 9.90 Å². The number of hydrogen-bond acceptors (Lipinski definition) is 3. The predicted molar refractivity (Wildman–Crippen MR) is 65.9 cm³/mol. The minimum absolute atomic E-state index is 0.0537. The third-order valence-corrected chi connectivity index (χ3v) is 3.41. The van der Waals surface area contributed by atoms with Crippen molar-refractivity contribution >= 4 is 5.91 Å². The zero-order valence-corrected chi connectivity index (χ0v) is 10.2. The lowest BCUT2D eigenvalue weighted by Gasteiger charge is -2.16. The monoisotopic (exact) mass is 234 g/mol. The minimum atomic E-state index is -0.0555. The van der Waals surface area contributed by atoms with Crippen molar-refractivity contribution in [3.63, 3.8) is 0 Å². The fourth-order valence-electron chi connectivity index (χ4n) is 2.08. The van der Waals surface area contributed by atoms with Gasteiger partial charge >= 0.3 is 0 Å². The van der Waals surface area contributed by atoms with Crippen LogP contribution in [0.15, 0.2) is 18.2 Å². The number of nitrogens with zero attached hydrogens (tertiary/aromatic N) is 1. The molecule has 0 bridgehead atoms. The molecule has 92 valence electrons. The molecule has 4 heteroatoms. The maximum atomic E-state index is 12.2. The van der Waals surface area contributed by atoms with Gasteiger partial charge in [-0.15, -0.1) is 0 Å². The maximum Gasteiger partial charge on any atom is 0.254 e. The Morgan fingerprint density at radius 1 is 1.47 bits per heavy atom. The summed E-state index contributed by atoms with van der Waals surface area (Å²) >= 11 is 0. The van der Waals surface area contributed by atoms with Crippen molar-refractivity contribution in [2.45, 2.75) is 19.9 Å². The van der Waals surface area contributed by atoms with Gasteiger partial charge in [-0.25, -0.2) is 0 Å². The number of carbonyl (C=O) groups excluding carboxylic acids is 1. The zero-order valence-electron chi connectivity index (χ0n) is 10.2. The Bertz CT molecular complexity index is 435. The summed E-state index contributed by atoms with van der Waals surface area (Å²) in [4.78, 5) is 13.9. The molecule has 3 N–H and O–H groups in total. The molecule has 0 radical (unpaired) electrons. The van der Waals surface area contributed by atoms with E-state index in [0.29, 0.717) is 24.6 Å². The summed E-state index contributed by atoms with van der Waals surface area (Å²) < 4.78 is 0. The van der Waals surface area contributed by atoms with Gasteiger partial charge in [0.15, 0.2) is 0 Å². The number of benzene rings is 1. The molecule has 0 aliphatic carbocycles. The van der Waals surface area contributed by atoms with Gasteiger partial charge in [0.1, 0.15) is 5.75 Å². The number of amides is 1. The molecule has 1 aliphatic rings. The molecular weight excluding hydrogens is 216 g/mol. The van der Waals surface area contributed by atoms with Crippen LogP contribution < -0.4 is 5.73 Å². The normalized spacial score (nSPS) is 24.1. The smallest absolute Gasteiger partial charge is 0.254 e. The van der Waals surface area contributed by atoms with Gasteiger partial charge in [-0.2, -0.15) is 0 Å². The van der Waals surface area contributed by atoms with Crippen molar-refractivity contribution in [3.8, 4) is 5.75 Å². The van der Waals surface area contributed by atoms with Crippen LogP contribution in [0.5, 0.6) is 5.75 Å². The van der Waals surface area contributed by atoms with E-state index >= 15 is 0 Å². The van der Waals surface area contributed by atoms with E-state index in [1.54, 1.807) is 24.0 Å². The minimum Gasteiger partial charge on any atom is -0.508 e. The summed E-state index contributed by atoms with van der Waals surface area (Å²) in [7, 11) is 0. The summed E-state index contributed by atoms with van der Waals surface area (Å²) in [6.45, 7) is 5.13. The molecule has 2 unspecified atom stereocenters. The lowest BCUT2D eigenvalue weighted by molar-refractivity contribution is 0.0786. The van der Waals surface area contributed by atoms with Gasteiger partial charge in [0.05, 0.1) is 0 Å². The highest BCUT2D eigenvalue weighted by molar-refractivity contribution is 5.95. The van der Waals surface area contributed by atoms with Crippen molar-refractivity contribution in [1.82, 2.24) is 4.90 Å². The van der Waals surface area contributed by atoms with Crippen LogP contribution in [0.2, 0.25) is 0 Å². The van der Waals surface area contributed by atoms with Gasteiger partial charge < -0.3 is 15.7 Å². The molecule has 1 aromatic rings. The first kappa shape index (κ1) is 11.9. The zero-order chi connectivity index (χ0) is 12.6. The summed E-state index contributed by atoms with van der Waals surface area (Å²) in [5, 5.41) is 9.60. The highest BCUT2D eigenvalue weighted by Crippen LogP contribution is 2.21. The summed E-state index contributed by atoms with van der Waals surface area (Å²) in [6.07, 6.45) is 0. The number of nitrogens with two attached hydrogens (primary N) is 1. The molecule has 0 saturated carbocycles. The van der Waals surface area contributed by atoms with Crippen LogP contribution >= 0.6 is 0 Å². The van der Waals surface area contributed by atoms with Crippen LogP contribution in [0.1, 0.15) is 22.8 Å². The number of rotatable bonds is 1. The molecule has 2 atom stereocenters. The van der Waals surface area contributed by atoms with Gasteiger partial charge in [0.25, 0.3) is 5.91 Å². The van der Waals surface area contributed by atoms with E-state index in [1.165, 1.54) is 6.07 Å². The van der Waals surface area contributed by atoms with E-state index < -0.39 is 0 Å². The van der Waals surface area contributed by atoms with Gasteiger partial charge in [-0.3, -0.25) is 4.79 Å². The highest BCUT2D eigenvalue weighted by Gasteiger charge is 2.30. The Kier molecular flexibility index (Phi) is 3.07. The number of aromatic hydroxyl groups is 1. The molecule has 1 aromatic carbocycles. The number of aryl methyl sites for hydroxylation is 1. The molecule has 1 aliphatic heterocycles. The number of hydrogen-bond donors (Lipinski definition) is 2. The van der Waals surface area contributed by atoms with E-state index in [0.717, 1.165) is 5.56 Å². The first-order valence-corrected chi connectivity index (χ1v) is 5.83. The number of phenols is 1. The molecule has 0 aromatic heterocycles. The first-order valence-electron chi connectivity index (χ1n) is 5.83. The standard InChI is InChI=1S/C13H18N2O2/c1-8-3-4-10(5-12(8)16)13(17)15-6-9(2)11(14)7-15/h3-5,9,11,16H,6-7,14H2,1-2H3. The molecule has 4 nitrogen and oxygen atoms in total. The average Bonchev–Trinajstić information content (AvgIpc) is 2.62. The van der Waals surface area contributed by atoms with Crippen LogP contribution in [0.25, 0.3) is 0 Å². The van der Waals surface area contributed by atoms with E-state index in [1.807, 2.05) is 6.92 Å². The van der Waals surface area contributed by atoms with Crippen LogP contribution in [-0.2, 0) is 0 Å². The number of likely N-dealkylation sites (tertiary alicyclic amines) is 1.